The fourth-order valence-corrected chi connectivity index (χ4v) is 3.40. The van der Waals surface area contributed by atoms with Crippen molar-refractivity contribution in [2.45, 2.75) is 63.0 Å². The SMILES string of the molecule is CC(C)(N)C(=O)N1CCC[C@@](O)(CN2CCC(F)(F)CC2)CC1. The van der Waals surface area contributed by atoms with Crippen LogP contribution in [0, 0.1) is 0 Å². The number of piperidine rings is 1. The van der Waals surface area contributed by atoms with Crippen molar-refractivity contribution in [3.8, 4) is 0 Å². The van der Waals surface area contributed by atoms with Gasteiger partial charge >= 0.3 is 0 Å². The predicted molar refractivity (Wildman–Crippen MR) is 84.3 cm³/mol. The molecule has 0 aromatic heterocycles. The van der Waals surface area contributed by atoms with Gasteiger partial charge in [0.2, 0.25) is 5.91 Å². The quantitative estimate of drug-likeness (QED) is 0.814. The Labute approximate surface area is 136 Å². The van der Waals surface area contributed by atoms with Crippen LogP contribution in [0.4, 0.5) is 8.78 Å². The summed E-state index contributed by atoms with van der Waals surface area (Å²) in [5.41, 5.74) is 4.04. The van der Waals surface area contributed by atoms with Gasteiger partial charge in [0.15, 0.2) is 0 Å². The number of halogens is 2. The molecular weight excluding hydrogens is 304 g/mol. The van der Waals surface area contributed by atoms with E-state index in [0.29, 0.717) is 52.0 Å². The van der Waals surface area contributed by atoms with Crippen LogP contribution in [0.3, 0.4) is 0 Å². The minimum Gasteiger partial charge on any atom is -0.388 e. The summed E-state index contributed by atoms with van der Waals surface area (Å²) in [6.45, 7) is 5.43. The zero-order valence-electron chi connectivity index (χ0n) is 14.2. The van der Waals surface area contributed by atoms with Crippen molar-refractivity contribution >= 4 is 5.91 Å². The molecule has 0 saturated carbocycles. The molecule has 3 N–H and O–H groups in total. The van der Waals surface area contributed by atoms with Crippen LogP contribution >= 0.6 is 0 Å². The summed E-state index contributed by atoms with van der Waals surface area (Å²) in [5, 5.41) is 10.8. The summed E-state index contributed by atoms with van der Waals surface area (Å²) < 4.78 is 26.4. The maximum atomic E-state index is 13.2. The molecule has 2 aliphatic heterocycles. The number of β-amino-alcohol motifs (C(OH)–C–C–N with tert-alkyl or cyclic N) is 1. The van der Waals surface area contributed by atoms with E-state index in [2.05, 4.69) is 0 Å². The van der Waals surface area contributed by atoms with Crippen molar-refractivity contribution in [2.24, 2.45) is 5.73 Å². The molecule has 5 nitrogen and oxygen atoms in total. The Hall–Kier alpha value is -0.790. The molecule has 1 atom stereocenters. The number of nitrogens with zero attached hydrogens (tertiary/aromatic N) is 2. The second-order valence-corrected chi connectivity index (χ2v) is 7.72. The highest BCUT2D eigenvalue weighted by molar-refractivity contribution is 5.85. The molecule has 7 heteroatoms. The van der Waals surface area contributed by atoms with Crippen molar-refractivity contribution in [3.05, 3.63) is 0 Å². The van der Waals surface area contributed by atoms with E-state index < -0.39 is 17.1 Å². The van der Waals surface area contributed by atoms with Crippen LogP contribution in [0.1, 0.15) is 46.0 Å². The van der Waals surface area contributed by atoms with E-state index in [-0.39, 0.29) is 18.7 Å². The zero-order valence-corrected chi connectivity index (χ0v) is 14.2. The molecule has 2 rings (SSSR count). The largest absolute Gasteiger partial charge is 0.388 e. The molecular formula is C16H29F2N3O2. The third-order valence-corrected chi connectivity index (χ3v) is 4.86. The number of hydrogen-bond donors (Lipinski definition) is 2. The molecule has 2 saturated heterocycles. The Morgan fingerprint density at radius 3 is 2.30 bits per heavy atom. The van der Waals surface area contributed by atoms with E-state index >= 15 is 0 Å². The average molecular weight is 333 g/mol. The van der Waals surface area contributed by atoms with Crippen LogP contribution in [-0.2, 0) is 4.79 Å². The number of nitrogens with two attached hydrogens (primary N) is 1. The molecule has 0 spiro atoms. The van der Waals surface area contributed by atoms with Gasteiger partial charge in [-0.15, -0.1) is 0 Å². The van der Waals surface area contributed by atoms with Crippen LogP contribution in [0.15, 0.2) is 0 Å². The van der Waals surface area contributed by atoms with E-state index in [0.717, 1.165) is 0 Å². The Morgan fingerprint density at radius 2 is 1.74 bits per heavy atom. The fraction of sp³-hybridized carbons (Fsp3) is 0.938. The lowest BCUT2D eigenvalue weighted by molar-refractivity contribution is -0.136. The third kappa shape index (κ3) is 5.09. The van der Waals surface area contributed by atoms with Crippen LogP contribution in [0.25, 0.3) is 0 Å². The maximum absolute atomic E-state index is 13.2. The highest BCUT2D eigenvalue weighted by atomic mass is 19.3. The highest BCUT2D eigenvalue weighted by Crippen LogP contribution is 2.30. The lowest BCUT2D eigenvalue weighted by Gasteiger charge is -2.38. The molecule has 0 radical (unpaired) electrons. The number of carbonyl (C=O) groups excluding carboxylic acids is 1. The van der Waals surface area contributed by atoms with E-state index in [9.17, 15) is 18.7 Å². The smallest absolute Gasteiger partial charge is 0.250 e. The van der Waals surface area contributed by atoms with Gasteiger partial charge in [-0.25, -0.2) is 8.78 Å². The minimum absolute atomic E-state index is 0.112. The molecule has 134 valence electrons. The minimum atomic E-state index is -2.57. The highest BCUT2D eigenvalue weighted by Gasteiger charge is 2.39. The van der Waals surface area contributed by atoms with E-state index in [1.165, 1.54) is 0 Å². The van der Waals surface area contributed by atoms with Gasteiger partial charge in [-0.05, 0) is 33.1 Å². The lowest BCUT2D eigenvalue weighted by Crippen LogP contribution is -2.52. The van der Waals surface area contributed by atoms with Crippen LogP contribution in [0.5, 0.6) is 0 Å². The number of rotatable bonds is 3. The summed E-state index contributed by atoms with van der Waals surface area (Å²) in [6.07, 6.45) is 1.45. The van der Waals surface area contributed by atoms with Gasteiger partial charge < -0.3 is 20.6 Å². The molecule has 0 aliphatic carbocycles. The first-order valence-electron chi connectivity index (χ1n) is 8.42. The maximum Gasteiger partial charge on any atom is 0.250 e. The molecule has 0 unspecified atom stereocenters. The first-order valence-corrected chi connectivity index (χ1v) is 8.42. The third-order valence-electron chi connectivity index (χ3n) is 4.86. The first kappa shape index (κ1) is 18.5. The van der Waals surface area contributed by atoms with Crippen molar-refractivity contribution < 1.29 is 18.7 Å². The normalized spacial score (nSPS) is 30.1. The predicted octanol–water partition coefficient (Wildman–Crippen LogP) is 1.20. The molecule has 2 heterocycles. The van der Waals surface area contributed by atoms with Crippen LogP contribution in [0.2, 0.25) is 0 Å². The molecule has 2 aliphatic rings. The number of likely N-dealkylation sites (tertiary alicyclic amines) is 2. The summed E-state index contributed by atoms with van der Waals surface area (Å²) in [7, 11) is 0. The van der Waals surface area contributed by atoms with E-state index in [1.807, 2.05) is 4.90 Å². The van der Waals surface area contributed by atoms with Crippen molar-refractivity contribution in [2.75, 3.05) is 32.7 Å². The van der Waals surface area contributed by atoms with Gasteiger partial charge in [0.05, 0.1) is 11.1 Å². The Balaban J connectivity index is 1.90. The number of amides is 1. The molecule has 23 heavy (non-hydrogen) atoms. The fourth-order valence-electron chi connectivity index (χ4n) is 3.40. The molecule has 0 bridgehead atoms. The second kappa shape index (κ2) is 6.61. The van der Waals surface area contributed by atoms with Gasteiger partial charge in [0, 0.05) is 45.6 Å². The number of hydrogen-bond acceptors (Lipinski definition) is 4. The summed E-state index contributed by atoms with van der Waals surface area (Å²) in [4.78, 5) is 15.9. The summed E-state index contributed by atoms with van der Waals surface area (Å²) in [6, 6.07) is 0. The monoisotopic (exact) mass is 333 g/mol. The van der Waals surface area contributed by atoms with Crippen molar-refractivity contribution in [1.82, 2.24) is 9.80 Å². The molecule has 0 aromatic rings. The first-order chi connectivity index (χ1) is 10.5. The lowest BCUT2D eigenvalue weighted by atomic mass is 9.93. The Kier molecular flexibility index (Phi) is 5.33. The standard InChI is InChI=1S/C16H29F2N3O2/c1-14(2,19)13(22)21-8-3-4-15(23,5-11-21)12-20-9-6-16(17,18)7-10-20/h23H,3-12,19H2,1-2H3/t15-/m0/s1. The molecule has 2 fully saturated rings. The Morgan fingerprint density at radius 1 is 1.13 bits per heavy atom. The number of carbonyl (C=O) groups is 1. The van der Waals surface area contributed by atoms with Crippen LogP contribution in [-0.4, -0.2) is 70.6 Å². The average Bonchev–Trinajstić information content (AvgIpc) is 2.62. The van der Waals surface area contributed by atoms with Gasteiger partial charge in [-0.2, -0.15) is 0 Å². The van der Waals surface area contributed by atoms with E-state index in [4.69, 9.17) is 5.73 Å². The van der Waals surface area contributed by atoms with Gasteiger partial charge in [-0.3, -0.25) is 4.79 Å². The van der Waals surface area contributed by atoms with Gasteiger partial charge in [-0.1, -0.05) is 0 Å². The zero-order chi connectivity index (χ0) is 17.3. The summed E-state index contributed by atoms with van der Waals surface area (Å²) in [5.74, 6) is -2.68. The second-order valence-electron chi connectivity index (χ2n) is 7.72. The van der Waals surface area contributed by atoms with Crippen LogP contribution < -0.4 is 5.73 Å². The van der Waals surface area contributed by atoms with E-state index in [1.54, 1.807) is 18.7 Å². The molecule has 1 amide bonds. The Bertz CT molecular complexity index is 430. The topological polar surface area (TPSA) is 69.8 Å². The van der Waals surface area contributed by atoms with Gasteiger partial charge in [0.25, 0.3) is 5.92 Å². The number of aliphatic hydroxyl groups is 1. The van der Waals surface area contributed by atoms with Gasteiger partial charge in [0.1, 0.15) is 0 Å². The van der Waals surface area contributed by atoms with Crippen molar-refractivity contribution in [1.29, 1.82) is 0 Å². The number of alkyl halides is 2. The van der Waals surface area contributed by atoms with Crippen molar-refractivity contribution in [3.63, 3.8) is 0 Å². The summed E-state index contributed by atoms with van der Waals surface area (Å²) >= 11 is 0. The molecule has 0 aromatic carbocycles.